The molecule has 1 aliphatic rings. The van der Waals surface area contributed by atoms with Gasteiger partial charge in [-0.05, 0) is 37.1 Å². The predicted molar refractivity (Wildman–Crippen MR) is 90.9 cm³/mol. The van der Waals surface area contributed by atoms with E-state index in [1.54, 1.807) is 0 Å². The van der Waals surface area contributed by atoms with Crippen LogP contribution in [-0.4, -0.2) is 35.9 Å². The van der Waals surface area contributed by atoms with Crippen LogP contribution in [0.3, 0.4) is 0 Å². The van der Waals surface area contributed by atoms with E-state index >= 15 is 0 Å². The summed E-state index contributed by atoms with van der Waals surface area (Å²) in [6.07, 6.45) is 3.33. The fraction of sp³-hybridized carbons (Fsp3) is 0.375. The normalized spacial score (nSPS) is 18.4. The molecule has 0 radical (unpaired) electrons. The molecule has 0 amide bonds. The van der Waals surface area contributed by atoms with E-state index in [-0.39, 0.29) is 22.4 Å². The van der Waals surface area contributed by atoms with Crippen molar-refractivity contribution in [2.75, 3.05) is 13.7 Å². The molecular weight excluding hydrogens is 346 g/mol. The van der Waals surface area contributed by atoms with E-state index in [4.69, 9.17) is 4.74 Å². The minimum Gasteiger partial charge on any atom is -0.490 e. The Morgan fingerprint density at radius 3 is 2.68 bits per heavy atom. The van der Waals surface area contributed by atoms with Gasteiger partial charge in [0.05, 0.1) is 23.0 Å². The third kappa shape index (κ3) is 3.00. The molecule has 1 saturated heterocycles. The predicted octanol–water partition coefficient (Wildman–Crippen LogP) is 2.47. The van der Waals surface area contributed by atoms with Gasteiger partial charge in [-0.25, -0.2) is 8.42 Å². The third-order valence-corrected chi connectivity index (χ3v) is 6.39. The number of rotatable bonds is 5. The van der Waals surface area contributed by atoms with E-state index < -0.39 is 14.9 Å². The average molecular weight is 365 g/mol. The first kappa shape index (κ1) is 17.4. The summed E-state index contributed by atoms with van der Waals surface area (Å²) in [5.74, 6) is 0.0318. The summed E-state index contributed by atoms with van der Waals surface area (Å²) in [4.78, 5) is 10.5. The highest BCUT2D eigenvalue weighted by molar-refractivity contribution is 7.89. The molecule has 8 nitrogen and oxygen atoms in total. The number of aromatic nitrogens is 1. The second-order valence-corrected chi connectivity index (χ2v) is 7.80. The van der Waals surface area contributed by atoms with Gasteiger partial charge in [0.25, 0.3) is 0 Å². The minimum atomic E-state index is -3.85. The summed E-state index contributed by atoms with van der Waals surface area (Å²) in [6, 6.07) is 7.23. The van der Waals surface area contributed by atoms with Crippen molar-refractivity contribution < 1.29 is 18.1 Å². The Bertz CT molecular complexity index is 906. The van der Waals surface area contributed by atoms with E-state index in [9.17, 15) is 18.5 Å². The monoisotopic (exact) mass is 365 g/mol. The van der Waals surface area contributed by atoms with E-state index in [2.05, 4.69) is 0 Å². The van der Waals surface area contributed by atoms with Gasteiger partial charge >= 0.3 is 5.69 Å². The van der Waals surface area contributed by atoms with Gasteiger partial charge in [-0.15, -0.1) is 0 Å². The Hall–Kier alpha value is -2.39. The molecule has 1 atom stereocenters. The molecule has 0 spiro atoms. The Kier molecular flexibility index (Phi) is 4.53. The van der Waals surface area contributed by atoms with Gasteiger partial charge in [0, 0.05) is 31.5 Å². The van der Waals surface area contributed by atoms with Crippen LogP contribution in [0.15, 0.2) is 41.4 Å². The van der Waals surface area contributed by atoms with Crippen molar-refractivity contribution in [2.24, 2.45) is 7.05 Å². The molecule has 0 N–H and O–H groups in total. The number of benzene rings is 1. The second kappa shape index (κ2) is 6.49. The number of nitrogens with zero attached hydrogens (tertiary/aromatic N) is 3. The number of hydrogen-bond acceptors (Lipinski definition) is 5. The summed E-state index contributed by atoms with van der Waals surface area (Å²) in [7, 11) is -0.672. The first-order valence-electron chi connectivity index (χ1n) is 7.81. The number of sulfonamides is 1. The molecule has 0 aliphatic carbocycles. The van der Waals surface area contributed by atoms with Crippen LogP contribution in [0.25, 0.3) is 0 Å². The summed E-state index contributed by atoms with van der Waals surface area (Å²) in [5.41, 5.74) is 0.544. The maximum Gasteiger partial charge on any atom is 0.312 e. The van der Waals surface area contributed by atoms with Gasteiger partial charge in [-0.1, -0.05) is 0 Å². The lowest BCUT2D eigenvalue weighted by molar-refractivity contribution is -0.386. The fourth-order valence-corrected chi connectivity index (χ4v) is 4.94. The quantitative estimate of drug-likeness (QED) is 0.599. The molecule has 1 aliphatic heterocycles. The summed E-state index contributed by atoms with van der Waals surface area (Å²) in [6.45, 7) is 0.387. The molecule has 2 heterocycles. The maximum absolute atomic E-state index is 13.1. The molecule has 0 unspecified atom stereocenters. The maximum atomic E-state index is 13.1. The lowest BCUT2D eigenvalue weighted by Crippen LogP contribution is -2.31. The summed E-state index contributed by atoms with van der Waals surface area (Å²) >= 11 is 0. The molecule has 134 valence electrons. The number of nitro benzene ring substituents is 1. The van der Waals surface area contributed by atoms with E-state index in [0.717, 1.165) is 24.6 Å². The zero-order chi connectivity index (χ0) is 18.2. The zero-order valence-corrected chi connectivity index (χ0v) is 14.8. The van der Waals surface area contributed by atoms with Crippen LogP contribution in [-0.2, 0) is 17.1 Å². The number of hydrogen-bond donors (Lipinski definition) is 0. The second-order valence-electron chi connectivity index (χ2n) is 5.91. The van der Waals surface area contributed by atoms with E-state index in [1.807, 2.05) is 29.9 Å². The molecule has 25 heavy (non-hydrogen) atoms. The summed E-state index contributed by atoms with van der Waals surface area (Å²) in [5, 5.41) is 11.2. The van der Waals surface area contributed by atoms with Gasteiger partial charge in [-0.2, -0.15) is 4.31 Å². The summed E-state index contributed by atoms with van der Waals surface area (Å²) < 4.78 is 34.4. The van der Waals surface area contributed by atoms with E-state index in [0.29, 0.717) is 6.54 Å². The average Bonchev–Trinajstić information content (AvgIpc) is 3.22. The van der Waals surface area contributed by atoms with E-state index in [1.165, 1.54) is 23.5 Å². The first-order chi connectivity index (χ1) is 11.9. The topological polar surface area (TPSA) is 94.7 Å². The van der Waals surface area contributed by atoms with Crippen molar-refractivity contribution in [2.45, 2.75) is 23.8 Å². The van der Waals surface area contributed by atoms with Crippen molar-refractivity contribution in [1.82, 2.24) is 8.87 Å². The van der Waals surface area contributed by atoms with Gasteiger partial charge in [0.1, 0.15) is 0 Å². The van der Waals surface area contributed by atoms with Crippen molar-refractivity contribution >= 4 is 15.7 Å². The fourth-order valence-electron chi connectivity index (χ4n) is 3.25. The Morgan fingerprint density at radius 2 is 2.08 bits per heavy atom. The van der Waals surface area contributed by atoms with Crippen LogP contribution in [0.4, 0.5) is 5.69 Å². The molecule has 1 fully saturated rings. The van der Waals surface area contributed by atoms with Crippen LogP contribution >= 0.6 is 0 Å². The lowest BCUT2D eigenvalue weighted by Gasteiger charge is -2.24. The van der Waals surface area contributed by atoms with Gasteiger partial charge < -0.3 is 9.30 Å². The Labute approximate surface area is 145 Å². The van der Waals surface area contributed by atoms with Crippen molar-refractivity contribution in [3.63, 3.8) is 0 Å². The zero-order valence-electron chi connectivity index (χ0n) is 14.0. The van der Waals surface area contributed by atoms with Gasteiger partial charge in [0.2, 0.25) is 10.0 Å². The number of nitro groups is 1. The highest BCUT2D eigenvalue weighted by Crippen LogP contribution is 2.38. The van der Waals surface area contributed by atoms with Crippen LogP contribution in [0.1, 0.15) is 24.6 Å². The highest BCUT2D eigenvalue weighted by atomic mass is 32.2. The number of methoxy groups -OCH3 is 1. The van der Waals surface area contributed by atoms with Crippen molar-refractivity contribution in [3.05, 3.63) is 52.3 Å². The molecule has 0 saturated carbocycles. The first-order valence-corrected chi connectivity index (χ1v) is 9.25. The standard InChI is InChI=1S/C16H19N3O5S/c1-17-9-3-5-13(17)14-6-4-10-18(14)25(22,23)12-7-8-16(24-2)15(11-12)19(20)21/h3,5,7-9,11,14H,4,6,10H2,1-2H3/t14-/m0/s1. The molecule has 9 heteroatoms. The molecular formula is C16H19N3O5S. The number of aryl methyl sites for hydroxylation is 1. The van der Waals surface area contributed by atoms with Crippen LogP contribution < -0.4 is 4.74 Å². The van der Waals surface area contributed by atoms with Gasteiger partial charge in [-0.3, -0.25) is 10.1 Å². The molecule has 1 aromatic carbocycles. The molecule has 0 bridgehead atoms. The number of ether oxygens (including phenoxy) is 1. The minimum absolute atomic E-state index is 0.0318. The van der Waals surface area contributed by atoms with Crippen LogP contribution in [0.5, 0.6) is 5.75 Å². The van der Waals surface area contributed by atoms with Gasteiger partial charge in [0.15, 0.2) is 5.75 Å². The molecule has 1 aromatic heterocycles. The Morgan fingerprint density at radius 1 is 1.32 bits per heavy atom. The molecule has 3 rings (SSSR count). The largest absolute Gasteiger partial charge is 0.490 e. The van der Waals surface area contributed by atoms with Crippen molar-refractivity contribution in [1.29, 1.82) is 0 Å². The molecule has 2 aromatic rings. The lowest BCUT2D eigenvalue weighted by atomic mass is 10.1. The van der Waals surface area contributed by atoms with Crippen LogP contribution in [0.2, 0.25) is 0 Å². The van der Waals surface area contributed by atoms with Crippen molar-refractivity contribution in [3.8, 4) is 5.75 Å². The SMILES string of the molecule is COc1ccc(S(=O)(=O)N2CCC[C@H]2c2cccn2C)cc1[N+](=O)[O-]. The Balaban J connectivity index is 2.03. The highest BCUT2D eigenvalue weighted by Gasteiger charge is 2.38. The third-order valence-electron chi connectivity index (χ3n) is 4.48. The van der Waals surface area contributed by atoms with Crippen LogP contribution in [0, 0.1) is 10.1 Å². The smallest absolute Gasteiger partial charge is 0.312 e.